The molecule has 3 aromatic rings. The van der Waals surface area contributed by atoms with Gasteiger partial charge in [0.15, 0.2) is 11.5 Å². The summed E-state index contributed by atoms with van der Waals surface area (Å²) in [5, 5.41) is 6.21. The van der Waals surface area contributed by atoms with Gasteiger partial charge in [0.1, 0.15) is 5.01 Å². The molecule has 1 aromatic heterocycles. The van der Waals surface area contributed by atoms with Gasteiger partial charge in [-0.15, -0.1) is 11.3 Å². The Morgan fingerprint density at radius 1 is 1.00 bits per heavy atom. The number of amides is 1. The van der Waals surface area contributed by atoms with Crippen LogP contribution in [-0.2, 0) is 11.3 Å². The number of fused-ring (bicyclic) bond motifs is 1. The summed E-state index contributed by atoms with van der Waals surface area (Å²) in [6.45, 7) is 5.06. The number of carbonyl (C=O) groups is 1. The van der Waals surface area contributed by atoms with Crippen molar-refractivity contribution in [1.82, 2.24) is 14.8 Å². The quantitative estimate of drug-likeness (QED) is 0.640. The van der Waals surface area contributed by atoms with E-state index in [4.69, 9.17) is 14.5 Å². The summed E-state index contributed by atoms with van der Waals surface area (Å²) in [4.78, 5) is 21.8. The minimum Gasteiger partial charge on any atom is -0.454 e. The van der Waals surface area contributed by atoms with E-state index < -0.39 is 0 Å². The molecular formula is C23H24N4O3S. The molecule has 0 atom stereocenters. The van der Waals surface area contributed by atoms with Crippen molar-refractivity contribution in [1.29, 1.82) is 0 Å². The molecule has 1 amide bonds. The molecule has 160 valence electrons. The van der Waals surface area contributed by atoms with Crippen molar-refractivity contribution in [2.45, 2.75) is 6.54 Å². The first-order chi connectivity index (χ1) is 15.2. The number of piperazine rings is 1. The van der Waals surface area contributed by atoms with Gasteiger partial charge in [-0.05, 0) is 12.1 Å². The molecule has 5 rings (SSSR count). The molecule has 8 heteroatoms. The normalized spacial score (nSPS) is 16.4. The number of hydrogen-bond donors (Lipinski definition) is 1. The van der Waals surface area contributed by atoms with Crippen LogP contribution in [0.4, 0.5) is 5.69 Å². The molecule has 1 saturated heterocycles. The molecule has 3 heterocycles. The number of nitrogens with zero attached hydrogens (tertiary/aromatic N) is 3. The van der Waals surface area contributed by atoms with Crippen molar-refractivity contribution in [2.24, 2.45) is 0 Å². The zero-order valence-corrected chi connectivity index (χ0v) is 17.9. The van der Waals surface area contributed by atoms with Gasteiger partial charge in [0, 0.05) is 48.9 Å². The molecule has 0 spiro atoms. The predicted molar refractivity (Wildman–Crippen MR) is 120 cm³/mol. The molecule has 0 aliphatic carbocycles. The summed E-state index contributed by atoms with van der Waals surface area (Å²) < 4.78 is 10.7. The summed E-state index contributed by atoms with van der Waals surface area (Å²) >= 11 is 1.71. The highest BCUT2D eigenvalue weighted by Gasteiger charge is 2.21. The SMILES string of the molecule is O=C(CN1CCN(Cc2nc(-c3ccccc3)cs2)CC1)Nc1ccc2c(c1)OCO2. The molecule has 1 fully saturated rings. The molecule has 2 aliphatic rings. The third kappa shape index (κ3) is 4.87. The number of anilines is 1. The van der Waals surface area contributed by atoms with Crippen LogP contribution in [-0.4, -0.2) is 60.2 Å². The van der Waals surface area contributed by atoms with Gasteiger partial charge >= 0.3 is 0 Å². The minimum absolute atomic E-state index is 0.0141. The summed E-state index contributed by atoms with van der Waals surface area (Å²) in [5.74, 6) is 1.37. The van der Waals surface area contributed by atoms with Crippen LogP contribution in [0.15, 0.2) is 53.9 Å². The topological polar surface area (TPSA) is 66.9 Å². The van der Waals surface area contributed by atoms with Gasteiger partial charge in [0.05, 0.1) is 18.8 Å². The van der Waals surface area contributed by atoms with Gasteiger partial charge in [-0.2, -0.15) is 0 Å². The van der Waals surface area contributed by atoms with Crippen molar-refractivity contribution in [2.75, 3.05) is 44.8 Å². The van der Waals surface area contributed by atoms with E-state index in [1.54, 1.807) is 17.4 Å². The highest BCUT2D eigenvalue weighted by atomic mass is 32.1. The van der Waals surface area contributed by atoms with Crippen LogP contribution >= 0.6 is 11.3 Å². The fraction of sp³-hybridized carbons (Fsp3) is 0.304. The number of nitrogens with one attached hydrogen (secondary N) is 1. The van der Waals surface area contributed by atoms with E-state index in [1.807, 2.05) is 30.3 Å². The van der Waals surface area contributed by atoms with Gasteiger partial charge < -0.3 is 14.8 Å². The predicted octanol–water partition coefficient (Wildman–Crippen LogP) is 3.30. The van der Waals surface area contributed by atoms with E-state index in [-0.39, 0.29) is 12.7 Å². The Morgan fingerprint density at radius 3 is 2.61 bits per heavy atom. The van der Waals surface area contributed by atoms with Gasteiger partial charge in [-0.3, -0.25) is 14.6 Å². The van der Waals surface area contributed by atoms with E-state index in [0.717, 1.165) is 54.7 Å². The second-order valence-corrected chi connectivity index (χ2v) is 8.60. The number of ether oxygens (including phenoxy) is 2. The fourth-order valence-corrected chi connectivity index (χ4v) is 4.64. The number of carbonyl (C=O) groups excluding carboxylic acids is 1. The van der Waals surface area contributed by atoms with Gasteiger partial charge in [-0.25, -0.2) is 4.98 Å². The van der Waals surface area contributed by atoms with E-state index in [1.165, 1.54) is 0 Å². The molecule has 0 bridgehead atoms. The Hall–Kier alpha value is -2.94. The van der Waals surface area contributed by atoms with E-state index >= 15 is 0 Å². The van der Waals surface area contributed by atoms with E-state index in [2.05, 4.69) is 32.6 Å². The Balaban J connectivity index is 1.08. The van der Waals surface area contributed by atoms with Gasteiger partial charge in [0.2, 0.25) is 12.7 Å². The first-order valence-corrected chi connectivity index (χ1v) is 11.2. The first kappa shape index (κ1) is 20.0. The van der Waals surface area contributed by atoms with Crippen LogP contribution in [0.2, 0.25) is 0 Å². The second kappa shape index (κ2) is 9.05. The lowest BCUT2D eigenvalue weighted by atomic mass is 10.2. The maximum atomic E-state index is 12.4. The Morgan fingerprint density at radius 2 is 1.77 bits per heavy atom. The standard InChI is InChI=1S/C23H24N4O3S/c28-22(24-18-6-7-20-21(12-18)30-16-29-20)13-26-8-10-27(11-9-26)14-23-25-19(15-31-23)17-4-2-1-3-5-17/h1-7,12,15H,8-11,13-14,16H2,(H,24,28). The van der Waals surface area contributed by atoms with Crippen molar-refractivity contribution in [3.63, 3.8) is 0 Å². The van der Waals surface area contributed by atoms with Crippen LogP contribution in [0.1, 0.15) is 5.01 Å². The molecule has 1 N–H and O–H groups in total. The van der Waals surface area contributed by atoms with Crippen LogP contribution in [0, 0.1) is 0 Å². The lowest BCUT2D eigenvalue weighted by Gasteiger charge is -2.33. The molecule has 0 unspecified atom stereocenters. The largest absolute Gasteiger partial charge is 0.454 e. The highest BCUT2D eigenvalue weighted by Crippen LogP contribution is 2.34. The molecule has 0 radical (unpaired) electrons. The third-order valence-electron chi connectivity index (χ3n) is 5.47. The van der Waals surface area contributed by atoms with Crippen LogP contribution in [0.25, 0.3) is 11.3 Å². The number of thiazole rings is 1. The Bertz CT molecular complexity index is 1050. The van der Waals surface area contributed by atoms with Crippen LogP contribution in [0.3, 0.4) is 0 Å². The van der Waals surface area contributed by atoms with E-state index in [9.17, 15) is 4.79 Å². The summed E-state index contributed by atoms with van der Waals surface area (Å²) in [6.07, 6.45) is 0. The van der Waals surface area contributed by atoms with Gasteiger partial charge in [-0.1, -0.05) is 30.3 Å². The Kier molecular flexibility index (Phi) is 5.84. The van der Waals surface area contributed by atoms with Crippen LogP contribution in [0.5, 0.6) is 11.5 Å². The number of rotatable bonds is 6. The lowest BCUT2D eigenvalue weighted by molar-refractivity contribution is -0.117. The summed E-state index contributed by atoms with van der Waals surface area (Å²) in [6, 6.07) is 15.7. The van der Waals surface area contributed by atoms with Crippen LogP contribution < -0.4 is 14.8 Å². The monoisotopic (exact) mass is 436 g/mol. The zero-order chi connectivity index (χ0) is 21.0. The van der Waals surface area contributed by atoms with Crippen molar-refractivity contribution in [3.8, 4) is 22.8 Å². The number of benzene rings is 2. The number of hydrogen-bond acceptors (Lipinski definition) is 7. The first-order valence-electron chi connectivity index (χ1n) is 10.4. The van der Waals surface area contributed by atoms with Crippen molar-refractivity contribution < 1.29 is 14.3 Å². The maximum absolute atomic E-state index is 12.4. The van der Waals surface area contributed by atoms with Crippen molar-refractivity contribution >= 4 is 22.9 Å². The van der Waals surface area contributed by atoms with E-state index in [0.29, 0.717) is 18.0 Å². The summed E-state index contributed by atoms with van der Waals surface area (Å²) in [7, 11) is 0. The molecular weight excluding hydrogens is 412 g/mol. The molecule has 7 nitrogen and oxygen atoms in total. The molecule has 2 aliphatic heterocycles. The lowest BCUT2D eigenvalue weighted by Crippen LogP contribution is -2.48. The Labute approximate surface area is 185 Å². The van der Waals surface area contributed by atoms with Crippen molar-refractivity contribution in [3.05, 3.63) is 58.9 Å². The summed E-state index contributed by atoms with van der Waals surface area (Å²) in [5.41, 5.74) is 2.92. The average molecular weight is 437 g/mol. The molecule has 0 saturated carbocycles. The zero-order valence-electron chi connectivity index (χ0n) is 17.1. The average Bonchev–Trinajstić information content (AvgIpc) is 3.45. The molecule has 31 heavy (non-hydrogen) atoms. The highest BCUT2D eigenvalue weighted by molar-refractivity contribution is 7.09. The fourth-order valence-electron chi connectivity index (χ4n) is 3.80. The van der Waals surface area contributed by atoms with Gasteiger partial charge in [0.25, 0.3) is 0 Å². The smallest absolute Gasteiger partial charge is 0.238 e. The number of aromatic nitrogens is 1. The third-order valence-corrected chi connectivity index (χ3v) is 6.30. The molecule has 2 aromatic carbocycles. The second-order valence-electron chi connectivity index (χ2n) is 7.66. The maximum Gasteiger partial charge on any atom is 0.238 e. The minimum atomic E-state index is -0.0141.